The summed E-state index contributed by atoms with van der Waals surface area (Å²) in [5.41, 5.74) is 11.4. The molecule has 15 rings (SSSR count). The third-order valence-corrected chi connectivity index (χ3v) is 29.7. The Kier molecular flexibility index (Phi) is 25.7. The number of allylic oxidation sites excluding steroid dienone is 6. The Labute approximate surface area is 733 Å². The zero-order valence-corrected chi connectivity index (χ0v) is 74.5. The van der Waals surface area contributed by atoms with Crippen LogP contribution in [0.3, 0.4) is 0 Å². The van der Waals surface area contributed by atoms with Crippen LogP contribution in [0.15, 0.2) is 224 Å². The Balaban J connectivity index is 0.562. The van der Waals surface area contributed by atoms with Crippen LogP contribution >= 0.6 is 11.3 Å². The fourth-order valence-electron chi connectivity index (χ4n) is 18.1. The van der Waals surface area contributed by atoms with E-state index in [9.17, 15) is 49.9 Å². The largest absolute Gasteiger partial charge is 0.744 e. The van der Waals surface area contributed by atoms with Crippen molar-refractivity contribution in [3.63, 3.8) is 0 Å². The number of fused-ring (bicyclic) bond motifs is 6. The average molecular weight is 1770 g/mol. The first-order chi connectivity index (χ1) is 59.7. The van der Waals surface area contributed by atoms with Crippen LogP contribution in [0.2, 0.25) is 0 Å². The first-order valence-electron chi connectivity index (χ1n) is 42.6. The van der Waals surface area contributed by atoms with Crippen molar-refractivity contribution in [1.82, 2.24) is 39.8 Å². The van der Waals surface area contributed by atoms with Gasteiger partial charge in [-0.3, -0.25) is 24.0 Å². The molecular weight excluding hydrogens is 1660 g/mol. The summed E-state index contributed by atoms with van der Waals surface area (Å²) in [7, 11) is -13.6. The van der Waals surface area contributed by atoms with Crippen LogP contribution in [-0.2, 0) is 83.4 Å². The number of benzene rings is 7. The Hall–Kier alpha value is -11.4. The molecule has 1 saturated heterocycles. The van der Waals surface area contributed by atoms with E-state index in [-0.39, 0.29) is 77.7 Å². The van der Waals surface area contributed by atoms with Crippen molar-refractivity contribution in [2.24, 2.45) is 11.8 Å². The van der Waals surface area contributed by atoms with Crippen molar-refractivity contribution in [2.45, 2.75) is 163 Å². The average Bonchev–Trinajstić information content (AvgIpc) is 1.71. The highest BCUT2D eigenvalue weighted by Crippen LogP contribution is 2.50. The molecule has 0 radical (unpaired) electrons. The number of nitrogens with zero attached hydrogens (tertiary/aromatic N) is 8. The van der Waals surface area contributed by atoms with Crippen LogP contribution in [-0.4, -0.2) is 152 Å². The van der Waals surface area contributed by atoms with Gasteiger partial charge >= 0.3 is 5.97 Å². The minimum Gasteiger partial charge on any atom is -0.744 e. The predicted octanol–water partition coefficient (Wildman–Crippen LogP) is 13.9. The summed E-state index contributed by atoms with van der Waals surface area (Å²) in [5.74, 6) is -2.61. The molecule has 3 amide bonds. The fourth-order valence-corrected chi connectivity index (χ4v) is 21.4. The number of para-hydroxylation sites is 2. The number of rotatable bonds is 32. The number of ether oxygens (including phenoxy) is 1. The zero-order valence-electron chi connectivity index (χ0n) is 71.3. The monoisotopic (exact) mass is 1770 g/mol. The number of Topliss-reactive ketones (excluding diaryl/α,β-unsaturated/α-hetero) is 1. The highest BCUT2D eigenvalue weighted by Gasteiger charge is 2.46. The molecule has 0 bridgehead atoms. The summed E-state index contributed by atoms with van der Waals surface area (Å²) in [6.45, 7) is 17.3. The molecule has 7 aliphatic rings. The van der Waals surface area contributed by atoms with E-state index in [4.69, 9.17) is 9.15 Å². The van der Waals surface area contributed by atoms with Gasteiger partial charge in [-0.15, -0.1) is 5.10 Å². The number of hydrogen-bond donors (Lipinski definition) is 3. The van der Waals surface area contributed by atoms with E-state index < -0.39 is 89.4 Å². The number of thiophene rings is 1. The lowest BCUT2D eigenvalue weighted by Crippen LogP contribution is -2.47. The molecule has 652 valence electrons. The van der Waals surface area contributed by atoms with Gasteiger partial charge in [0.25, 0.3) is 5.91 Å². The van der Waals surface area contributed by atoms with Crippen LogP contribution in [0.5, 0.6) is 0 Å². The van der Waals surface area contributed by atoms with Crippen LogP contribution < -0.4 is 35.7 Å². The molecule has 3 N–H and O–H groups in total. The van der Waals surface area contributed by atoms with E-state index >= 15 is 8.42 Å². The first kappa shape index (κ1) is 88.5. The molecule has 8 heterocycles. The van der Waals surface area contributed by atoms with Crippen molar-refractivity contribution < 1.29 is 72.1 Å². The fraction of sp³-hybridized carbons (Fsp3) is 0.358. The van der Waals surface area contributed by atoms with Crippen molar-refractivity contribution in [2.75, 3.05) is 68.8 Å². The number of esters is 1. The van der Waals surface area contributed by atoms with Crippen molar-refractivity contribution in [3.8, 4) is 22.5 Å². The summed E-state index contributed by atoms with van der Waals surface area (Å²) in [6, 6.07) is 45.6. The molecule has 1 fully saturated rings. The maximum absolute atomic E-state index is 15.2. The quantitative estimate of drug-likeness (QED) is 0.00880. The number of carbonyl (C=O) groups excluding carboxylic acids is 5. The van der Waals surface area contributed by atoms with E-state index in [1.165, 1.54) is 55.7 Å². The Bertz CT molecular complexity index is 6420. The molecule has 6 aliphatic heterocycles. The van der Waals surface area contributed by atoms with Crippen molar-refractivity contribution in [1.29, 1.82) is 0 Å². The second-order valence-corrected chi connectivity index (χ2v) is 39.5. The SMILES string of the molecule is CC[N+]1=C(/C=C/C=C/C=C2/N(CCCCCC(=O)NCCCC[C@@H](C(=O)COC(=O)CNC(=O)C3CCN(S(=O)(=O)c4ccccc4-c4c5ccc(=[N+]6CCc7ccccc76)cc-5oc5cc(N6CCc7ccccc76)ccc45)CC3)n3cc([C@@](C)(NC(=O)c4ccsc4)C(C)C)nn3)c3ccc(S(=O)(=O)[O-])cc3C2(C)C)C(C)(C)c2cc(S(=O)(=O)[O-])ccc21. The number of unbranched alkanes of at least 4 members (excludes halogenated alkanes) is 3. The summed E-state index contributed by atoms with van der Waals surface area (Å²) >= 11 is 1.38. The lowest BCUT2D eigenvalue weighted by molar-refractivity contribution is -0.433. The summed E-state index contributed by atoms with van der Waals surface area (Å²) in [4.78, 5) is 72.8. The number of piperidine rings is 1. The van der Waals surface area contributed by atoms with E-state index in [0.29, 0.717) is 84.5 Å². The number of sulfonamides is 1. The number of hydrogen-bond acceptors (Lipinski definition) is 20. The second kappa shape index (κ2) is 36.3. The molecule has 125 heavy (non-hydrogen) atoms. The smallest absolute Gasteiger partial charge is 0.325 e. The van der Waals surface area contributed by atoms with Crippen molar-refractivity contribution >= 4 is 116 Å². The minimum absolute atomic E-state index is 0.0215. The number of amides is 3. The number of carbonyl (C=O) groups is 5. The van der Waals surface area contributed by atoms with Gasteiger partial charge in [0.1, 0.15) is 56.4 Å². The van der Waals surface area contributed by atoms with E-state index in [1.54, 1.807) is 47.3 Å². The molecule has 1 aliphatic carbocycles. The first-order valence-corrected chi connectivity index (χ1v) is 47.8. The molecule has 2 aromatic heterocycles. The van der Waals surface area contributed by atoms with E-state index in [1.807, 2.05) is 134 Å². The second-order valence-electron chi connectivity index (χ2n) is 34.1. The molecular formula is C95H103N11O15S4. The Morgan fingerprint density at radius 3 is 2.22 bits per heavy atom. The van der Waals surface area contributed by atoms with Gasteiger partial charge < -0.3 is 44.0 Å². The lowest BCUT2D eigenvalue weighted by atomic mass is 9.81. The summed E-state index contributed by atoms with van der Waals surface area (Å²) < 4.78 is 123. The maximum atomic E-state index is 15.2. The van der Waals surface area contributed by atoms with Crippen LogP contribution in [0.1, 0.15) is 158 Å². The third-order valence-electron chi connectivity index (χ3n) is 25.4. The predicted molar refractivity (Wildman–Crippen MR) is 478 cm³/mol. The molecule has 26 nitrogen and oxygen atoms in total. The maximum Gasteiger partial charge on any atom is 0.325 e. The van der Waals surface area contributed by atoms with Crippen LogP contribution in [0, 0.1) is 11.8 Å². The minimum atomic E-state index is -4.77. The van der Waals surface area contributed by atoms with E-state index in [0.717, 1.165) is 87.6 Å². The molecule has 2 atom stereocenters. The van der Waals surface area contributed by atoms with Gasteiger partial charge in [-0.2, -0.15) is 24.8 Å². The standard InChI is InChI=1S/C95H103N11O15S4/c1-9-102-78-40-36-69(124(114,115)116)56-74(78)93(4,5)86(102)31-12-10-13-32-87-94(6,7)75-57-70(125(117,118)119)37-41-79(75)105(87)48-23-11-14-33-88(108)96-47-22-21-29-80(106-59-85(99-100-106)95(8,62(2)3)98-92(111)66-46-53-122-61-66)81(107)60-120-89(109)58-97-91(110)65-42-49-101(50-43-65)123(112,113)84-30-20-17-26-73(84)90-71-38-34-67(103-51-44-63-24-15-18-27-76(63)103)54-82(71)121-83-55-68(35-39-72(83)90)104-52-45-64-25-16-19-28-77(64)104/h10,12-13,15-20,24-28,30-32,34-41,46,53-57,59,61-62,65,80H,9,11,14,21-23,29,33,42-45,47-52,58,60H2,1-8H3,(H3-2,96,97,98,108,110,111,114,115,116,117,118,119)/t80-,95-/m0/s1. The van der Waals surface area contributed by atoms with Crippen molar-refractivity contribution in [3.05, 3.63) is 244 Å². The van der Waals surface area contributed by atoms with Gasteiger partial charge in [-0.05, 0) is 174 Å². The molecule has 8 aromatic rings. The third kappa shape index (κ3) is 18.3. The van der Waals surface area contributed by atoms with Gasteiger partial charge in [0.05, 0.1) is 43.5 Å². The summed E-state index contributed by atoms with van der Waals surface area (Å²) in [6.07, 6.45) is 16.4. The Morgan fingerprint density at radius 2 is 1.46 bits per heavy atom. The van der Waals surface area contributed by atoms with Gasteiger partial charge in [0, 0.05) is 149 Å². The topological polar surface area (TPSA) is 339 Å². The number of aromatic nitrogens is 3. The van der Waals surface area contributed by atoms with E-state index in [2.05, 4.69) is 93.7 Å². The molecule has 0 saturated carbocycles. The Morgan fingerprint density at radius 1 is 0.728 bits per heavy atom. The number of ketones is 1. The van der Waals surface area contributed by atoms with Crippen LogP contribution in [0.4, 0.5) is 28.4 Å². The van der Waals surface area contributed by atoms with Crippen LogP contribution in [0.25, 0.3) is 33.4 Å². The highest BCUT2D eigenvalue weighted by molar-refractivity contribution is 7.89. The molecule has 0 spiro atoms. The molecule has 0 unspecified atom stereocenters. The molecule has 6 aromatic carbocycles. The molecule has 30 heteroatoms. The lowest BCUT2D eigenvalue weighted by Gasteiger charge is -2.32. The zero-order chi connectivity index (χ0) is 88.5. The van der Waals surface area contributed by atoms with Gasteiger partial charge in [-0.25, -0.2) is 29.9 Å². The highest BCUT2D eigenvalue weighted by atomic mass is 32.2. The van der Waals surface area contributed by atoms with Gasteiger partial charge in [0.15, 0.2) is 24.6 Å². The van der Waals surface area contributed by atoms with Gasteiger partial charge in [0.2, 0.25) is 38.6 Å². The summed E-state index contributed by atoms with van der Waals surface area (Å²) in [5, 5.41) is 22.9. The van der Waals surface area contributed by atoms with Gasteiger partial charge in [-0.1, -0.05) is 112 Å². The number of anilines is 3. The number of nitrogens with one attached hydrogen (secondary N) is 3. The normalized spacial score (nSPS) is 17.4.